The predicted molar refractivity (Wildman–Crippen MR) is 96.8 cm³/mol. The number of hydrogen-bond acceptors (Lipinski definition) is 5. The van der Waals surface area contributed by atoms with Crippen molar-refractivity contribution in [3.8, 4) is 0 Å². The van der Waals surface area contributed by atoms with E-state index in [0.29, 0.717) is 0 Å². The number of hydrogen-bond donors (Lipinski definition) is 1. The number of anilines is 3. The molecule has 3 aromatic rings. The van der Waals surface area contributed by atoms with Gasteiger partial charge in [-0.15, -0.1) is 0 Å². The minimum atomic E-state index is 0.792. The maximum Gasteiger partial charge on any atom is 0.229 e. The molecule has 124 valence electrons. The zero-order chi connectivity index (χ0) is 16.5. The standard InChI is InChI=1S/C18H22N6/c1-13-6-8-14(9-7-13)20-16-15-12-19-23(2)17(15)22-18(21-16)24-10-4-3-5-11-24/h6-9,12H,3-5,10-11H2,1-2H3,(H,20,21,22). The van der Waals surface area contributed by atoms with Crippen LogP contribution in [0, 0.1) is 6.92 Å². The second-order valence-electron chi connectivity index (χ2n) is 6.42. The maximum absolute atomic E-state index is 4.81. The van der Waals surface area contributed by atoms with Crippen molar-refractivity contribution in [2.45, 2.75) is 26.2 Å². The van der Waals surface area contributed by atoms with Gasteiger partial charge in [0.25, 0.3) is 0 Å². The molecule has 0 saturated carbocycles. The molecule has 3 heterocycles. The third-order valence-electron chi connectivity index (χ3n) is 4.53. The summed E-state index contributed by atoms with van der Waals surface area (Å²) in [5, 5.41) is 8.73. The molecule has 0 bridgehead atoms. The normalized spacial score (nSPS) is 15.0. The SMILES string of the molecule is Cc1ccc(Nc2nc(N3CCCCC3)nc3c2cnn3C)cc1. The van der Waals surface area contributed by atoms with E-state index >= 15 is 0 Å². The molecule has 0 spiro atoms. The maximum atomic E-state index is 4.81. The van der Waals surface area contributed by atoms with E-state index in [2.05, 4.69) is 46.5 Å². The lowest BCUT2D eigenvalue weighted by molar-refractivity contribution is 0.568. The fourth-order valence-corrected chi connectivity index (χ4v) is 3.11. The number of benzene rings is 1. The van der Waals surface area contributed by atoms with Crippen molar-refractivity contribution in [2.75, 3.05) is 23.3 Å². The van der Waals surface area contributed by atoms with Gasteiger partial charge in [-0.05, 0) is 38.3 Å². The topological polar surface area (TPSA) is 58.9 Å². The second kappa shape index (κ2) is 6.11. The Hall–Kier alpha value is -2.63. The van der Waals surface area contributed by atoms with Gasteiger partial charge in [0.1, 0.15) is 5.82 Å². The minimum absolute atomic E-state index is 0.792. The van der Waals surface area contributed by atoms with Crippen LogP contribution in [0.2, 0.25) is 0 Å². The first-order chi connectivity index (χ1) is 11.7. The smallest absolute Gasteiger partial charge is 0.229 e. The van der Waals surface area contributed by atoms with Gasteiger partial charge in [0.05, 0.1) is 11.6 Å². The average molecular weight is 322 g/mol. The van der Waals surface area contributed by atoms with Gasteiger partial charge in [-0.2, -0.15) is 15.1 Å². The molecule has 6 heteroatoms. The second-order valence-corrected chi connectivity index (χ2v) is 6.42. The molecule has 0 amide bonds. The molecule has 2 aromatic heterocycles. The number of fused-ring (bicyclic) bond motifs is 1. The van der Waals surface area contributed by atoms with Crippen LogP contribution in [0.1, 0.15) is 24.8 Å². The molecule has 1 fully saturated rings. The van der Waals surface area contributed by atoms with Crippen LogP contribution in [-0.2, 0) is 7.05 Å². The molecule has 1 saturated heterocycles. The van der Waals surface area contributed by atoms with Crippen LogP contribution in [0.25, 0.3) is 11.0 Å². The quantitative estimate of drug-likeness (QED) is 0.801. The summed E-state index contributed by atoms with van der Waals surface area (Å²) in [6.45, 7) is 4.13. The highest BCUT2D eigenvalue weighted by Crippen LogP contribution is 2.27. The number of nitrogens with zero attached hydrogens (tertiary/aromatic N) is 5. The number of rotatable bonds is 3. The highest BCUT2D eigenvalue weighted by atomic mass is 15.3. The summed E-state index contributed by atoms with van der Waals surface area (Å²) in [5.41, 5.74) is 3.12. The number of aromatic nitrogens is 4. The van der Waals surface area contributed by atoms with Crippen molar-refractivity contribution in [1.29, 1.82) is 0 Å². The highest BCUT2D eigenvalue weighted by molar-refractivity contribution is 5.89. The molecule has 4 rings (SSSR count). The van der Waals surface area contributed by atoms with Crippen molar-refractivity contribution >= 4 is 28.5 Å². The van der Waals surface area contributed by atoms with Crippen molar-refractivity contribution in [3.05, 3.63) is 36.0 Å². The fourth-order valence-electron chi connectivity index (χ4n) is 3.11. The molecule has 1 aliphatic heterocycles. The van der Waals surface area contributed by atoms with Crippen molar-refractivity contribution in [2.24, 2.45) is 7.05 Å². The fraction of sp³-hybridized carbons (Fsp3) is 0.389. The molecule has 1 aliphatic rings. The Balaban J connectivity index is 1.76. The van der Waals surface area contributed by atoms with Crippen molar-refractivity contribution in [1.82, 2.24) is 19.7 Å². The van der Waals surface area contributed by atoms with Gasteiger partial charge in [0.15, 0.2) is 5.65 Å². The summed E-state index contributed by atoms with van der Waals surface area (Å²) >= 11 is 0. The van der Waals surface area contributed by atoms with E-state index in [-0.39, 0.29) is 0 Å². The summed E-state index contributed by atoms with van der Waals surface area (Å²) in [5.74, 6) is 1.61. The summed E-state index contributed by atoms with van der Waals surface area (Å²) < 4.78 is 1.81. The summed E-state index contributed by atoms with van der Waals surface area (Å²) in [6.07, 6.45) is 5.52. The van der Waals surface area contributed by atoms with Gasteiger partial charge in [-0.1, -0.05) is 17.7 Å². The average Bonchev–Trinajstić information content (AvgIpc) is 2.99. The molecule has 1 N–H and O–H groups in total. The first-order valence-electron chi connectivity index (χ1n) is 8.49. The lowest BCUT2D eigenvalue weighted by Gasteiger charge is -2.27. The van der Waals surface area contributed by atoms with Gasteiger partial charge in [-0.3, -0.25) is 4.68 Å². The van der Waals surface area contributed by atoms with Crippen molar-refractivity contribution in [3.63, 3.8) is 0 Å². The van der Waals surface area contributed by atoms with Crippen LogP contribution in [-0.4, -0.2) is 32.8 Å². The molecule has 0 radical (unpaired) electrons. The highest BCUT2D eigenvalue weighted by Gasteiger charge is 2.18. The number of nitrogens with one attached hydrogen (secondary N) is 1. The van der Waals surface area contributed by atoms with Gasteiger partial charge >= 0.3 is 0 Å². The Morgan fingerprint density at radius 2 is 1.75 bits per heavy atom. The molecule has 6 nitrogen and oxygen atoms in total. The number of piperidine rings is 1. The first-order valence-corrected chi connectivity index (χ1v) is 8.49. The van der Waals surface area contributed by atoms with Gasteiger partial charge in [0, 0.05) is 25.8 Å². The van der Waals surface area contributed by atoms with Gasteiger partial charge in [0.2, 0.25) is 5.95 Å². The van der Waals surface area contributed by atoms with Crippen LogP contribution in [0.4, 0.5) is 17.5 Å². The van der Waals surface area contributed by atoms with E-state index in [9.17, 15) is 0 Å². The van der Waals surface area contributed by atoms with Crippen molar-refractivity contribution < 1.29 is 0 Å². The summed E-state index contributed by atoms with van der Waals surface area (Å²) in [6, 6.07) is 8.32. The third-order valence-corrected chi connectivity index (χ3v) is 4.53. The Morgan fingerprint density at radius 1 is 1.00 bits per heavy atom. The van der Waals surface area contributed by atoms with Crippen LogP contribution in [0.15, 0.2) is 30.5 Å². The van der Waals surface area contributed by atoms with E-state index in [1.807, 2.05) is 17.9 Å². The monoisotopic (exact) mass is 322 g/mol. The molecular weight excluding hydrogens is 300 g/mol. The molecule has 0 unspecified atom stereocenters. The third kappa shape index (κ3) is 2.79. The van der Waals surface area contributed by atoms with Gasteiger partial charge < -0.3 is 10.2 Å². The van der Waals surface area contributed by atoms with E-state index in [0.717, 1.165) is 41.6 Å². The van der Waals surface area contributed by atoms with Crippen LogP contribution in [0.5, 0.6) is 0 Å². The van der Waals surface area contributed by atoms with Crippen LogP contribution >= 0.6 is 0 Å². The van der Waals surface area contributed by atoms with E-state index in [1.54, 1.807) is 0 Å². The zero-order valence-electron chi connectivity index (χ0n) is 14.2. The molecular formula is C18H22N6. The van der Waals surface area contributed by atoms with E-state index < -0.39 is 0 Å². The van der Waals surface area contributed by atoms with E-state index in [1.165, 1.54) is 24.8 Å². The van der Waals surface area contributed by atoms with Gasteiger partial charge in [-0.25, -0.2) is 0 Å². The molecule has 24 heavy (non-hydrogen) atoms. The Morgan fingerprint density at radius 3 is 2.50 bits per heavy atom. The lowest BCUT2D eigenvalue weighted by atomic mass is 10.1. The Bertz CT molecular complexity index is 846. The van der Waals surface area contributed by atoms with E-state index in [4.69, 9.17) is 9.97 Å². The molecule has 0 atom stereocenters. The largest absolute Gasteiger partial charge is 0.341 e. The molecule has 0 aliphatic carbocycles. The Labute approximate surface area is 141 Å². The summed E-state index contributed by atoms with van der Waals surface area (Å²) in [7, 11) is 1.92. The first kappa shape index (κ1) is 14.9. The minimum Gasteiger partial charge on any atom is -0.341 e. The molecule has 1 aromatic carbocycles. The predicted octanol–water partition coefficient (Wildman–Crippen LogP) is 3.41. The number of aryl methyl sites for hydroxylation is 2. The lowest BCUT2D eigenvalue weighted by Crippen LogP contribution is -2.31. The summed E-state index contributed by atoms with van der Waals surface area (Å²) in [4.78, 5) is 11.8. The zero-order valence-corrected chi connectivity index (χ0v) is 14.2. The van der Waals surface area contributed by atoms with Crippen LogP contribution < -0.4 is 10.2 Å². The van der Waals surface area contributed by atoms with Crippen LogP contribution in [0.3, 0.4) is 0 Å². The Kier molecular flexibility index (Phi) is 3.80.